The molecule has 1 aromatic heterocycles. The molecule has 2 N–H and O–H groups in total. The number of ether oxygens (including phenoxy) is 1. The van der Waals surface area contributed by atoms with E-state index in [1.807, 2.05) is 19.2 Å². The molecule has 0 radical (unpaired) electrons. The summed E-state index contributed by atoms with van der Waals surface area (Å²) < 4.78 is 6.63. The number of thiazole rings is 1. The van der Waals surface area contributed by atoms with E-state index in [0.29, 0.717) is 23.7 Å². The number of hydrogen-bond acceptors (Lipinski definition) is 6. The predicted molar refractivity (Wildman–Crippen MR) is 96.1 cm³/mol. The van der Waals surface area contributed by atoms with Crippen LogP contribution >= 0.6 is 23.1 Å². The molecule has 0 saturated heterocycles. The van der Waals surface area contributed by atoms with Gasteiger partial charge in [-0.3, -0.25) is 14.9 Å². The topological polar surface area (TPSA) is 80.3 Å². The monoisotopic (exact) mass is 363 g/mol. The molecule has 0 atom stereocenters. The molecule has 1 aliphatic heterocycles. The number of amides is 2. The molecule has 126 valence electrons. The van der Waals surface area contributed by atoms with Gasteiger partial charge < -0.3 is 10.1 Å². The highest BCUT2D eigenvalue weighted by atomic mass is 32.2. The summed E-state index contributed by atoms with van der Waals surface area (Å²) in [6, 6.07) is 5.41. The summed E-state index contributed by atoms with van der Waals surface area (Å²) in [6.45, 7) is 1.83. The summed E-state index contributed by atoms with van der Waals surface area (Å²) in [5, 5.41) is 6.15. The fraction of sp³-hybridized carbons (Fsp3) is 0.312. The van der Waals surface area contributed by atoms with Crippen molar-refractivity contribution in [3.63, 3.8) is 0 Å². The normalized spacial score (nSPS) is 13.2. The molecule has 6 nitrogen and oxygen atoms in total. The van der Waals surface area contributed by atoms with Crippen LogP contribution in [0.15, 0.2) is 22.4 Å². The Morgan fingerprint density at radius 1 is 1.46 bits per heavy atom. The van der Waals surface area contributed by atoms with Crippen LogP contribution in [-0.4, -0.2) is 29.7 Å². The maximum absolute atomic E-state index is 12.0. The van der Waals surface area contributed by atoms with E-state index in [1.165, 1.54) is 11.3 Å². The van der Waals surface area contributed by atoms with Crippen molar-refractivity contribution in [1.29, 1.82) is 0 Å². The van der Waals surface area contributed by atoms with Crippen LogP contribution in [0.3, 0.4) is 0 Å². The van der Waals surface area contributed by atoms with E-state index < -0.39 is 0 Å². The number of nitrogens with one attached hydrogen (secondary N) is 2. The Kier molecular flexibility index (Phi) is 5.06. The van der Waals surface area contributed by atoms with Crippen molar-refractivity contribution < 1.29 is 14.3 Å². The number of rotatable bonds is 5. The number of carbonyl (C=O) groups excluding carboxylic acids is 2. The first-order valence-electron chi connectivity index (χ1n) is 7.42. The summed E-state index contributed by atoms with van der Waals surface area (Å²) in [5.41, 5.74) is 2.75. The van der Waals surface area contributed by atoms with Crippen molar-refractivity contribution in [2.24, 2.45) is 0 Å². The molecule has 0 spiro atoms. The number of carbonyl (C=O) groups is 2. The van der Waals surface area contributed by atoms with Gasteiger partial charge >= 0.3 is 0 Å². The Balaban J connectivity index is 1.57. The van der Waals surface area contributed by atoms with E-state index in [0.717, 1.165) is 21.2 Å². The molecule has 0 bridgehead atoms. The largest absolute Gasteiger partial charge is 0.484 e. The second kappa shape index (κ2) is 7.23. The quantitative estimate of drug-likeness (QED) is 0.798. The third kappa shape index (κ3) is 3.88. The maximum atomic E-state index is 12.0. The molecular formula is C16H17N3O3S2. The van der Waals surface area contributed by atoms with E-state index in [9.17, 15) is 9.59 Å². The van der Waals surface area contributed by atoms with Gasteiger partial charge in [0.2, 0.25) is 5.91 Å². The number of thioether (sulfide) groups is 1. The van der Waals surface area contributed by atoms with Crippen molar-refractivity contribution in [3.05, 3.63) is 29.5 Å². The van der Waals surface area contributed by atoms with Gasteiger partial charge in [-0.25, -0.2) is 4.98 Å². The van der Waals surface area contributed by atoms with Crippen molar-refractivity contribution in [1.82, 2.24) is 4.98 Å². The molecule has 0 fully saturated rings. The summed E-state index contributed by atoms with van der Waals surface area (Å²) in [4.78, 5) is 27.6. The van der Waals surface area contributed by atoms with E-state index in [2.05, 4.69) is 15.6 Å². The number of hydrogen-bond donors (Lipinski definition) is 2. The minimum absolute atomic E-state index is 0.0268. The molecule has 0 unspecified atom stereocenters. The Morgan fingerprint density at radius 2 is 2.29 bits per heavy atom. The lowest BCUT2D eigenvalue weighted by atomic mass is 10.0. The first kappa shape index (κ1) is 16.8. The lowest BCUT2D eigenvalue weighted by Gasteiger charge is -2.17. The smallest absolute Gasteiger partial charge is 0.264 e. The van der Waals surface area contributed by atoms with E-state index in [1.54, 1.807) is 23.9 Å². The lowest BCUT2D eigenvalue weighted by molar-refractivity contribution is -0.118. The van der Waals surface area contributed by atoms with Crippen LogP contribution in [0.4, 0.5) is 10.8 Å². The van der Waals surface area contributed by atoms with Crippen molar-refractivity contribution in [2.75, 3.05) is 23.5 Å². The van der Waals surface area contributed by atoms with Crippen molar-refractivity contribution in [3.8, 4) is 5.75 Å². The van der Waals surface area contributed by atoms with Gasteiger partial charge in [-0.1, -0.05) is 11.3 Å². The average molecular weight is 363 g/mol. The van der Waals surface area contributed by atoms with Gasteiger partial charge in [-0.05, 0) is 43.4 Å². The summed E-state index contributed by atoms with van der Waals surface area (Å²) >= 11 is 3.06. The fourth-order valence-electron chi connectivity index (χ4n) is 2.38. The highest BCUT2D eigenvalue weighted by molar-refractivity contribution is 8.00. The van der Waals surface area contributed by atoms with Gasteiger partial charge in [0, 0.05) is 12.1 Å². The first-order chi connectivity index (χ1) is 11.5. The number of aromatic nitrogens is 1. The van der Waals surface area contributed by atoms with Crippen LogP contribution < -0.4 is 15.4 Å². The van der Waals surface area contributed by atoms with Crippen LogP contribution in [-0.2, 0) is 16.0 Å². The third-order valence-electron chi connectivity index (χ3n) is 3.53. The summed E-state index contributed by atoms with van der Waals surface area (Å²) in [5.74, 6) is 0.390. The van der Waals surface area contributed by atoms with E-state index in [4.69, 9.17) is 4.74 Å². The molecule has 0 aliphatic carbocycles. The van der Waals surface area contributed by atoms with E-state index >= 15 is 0 Å². The van der Waals surface area contributed by atoms with Crippen molar-refractivity contribution in [2.45, 2.75) is 24.0 Å². The molecule has 1 aromatic carbocycles. The number of aryl methyl sites for hydroxylation is 2. The van der Waals surface area contributed by atoms with Gasteiger partial charge in [0.05, 0.1) is 9.90 Å². The molecule has 2 heterocycles. The third-order valence-corrected chi connectivity index (χ3v) is 5.81. The number of benzene rings is 1. The molecule has 2 aromatic rings. The van der Waals surface area contributed by atoms with Crippen LogP contribution in [0.2, 0.25) is 0 Å². The van der Waals surface area contributed by atoms with Crippen LogP contribution in [0.25, 0.3) is 0 Å². The summed E-state index contributed by atoms with van der Waals surface area (Å²) in [6.07, 6.45) is 3.13. The average Bonchev–Trinajstić information content (AvgIpc) is 2.92. The minimum Gasteiger partial charge on any atom is -0.484 e. The first-order valence-corrected chi connectivity index (χ1v) is 9.46. The number of nitrogens with zero attached hydrogens (tertiary/aromatic N) is 1. The number of anilines is 2. The Hall–Kier alpha value is -2.06. The Bertz CT molecular complexity index is 789. The highest BCUT2D eigenvalue weighted by Gasteiger charge is 2.15. The molecule has 24 heavy (non-hydrogen) atoms. The van der Waals surface area contributed by atoms with Gasteiger partial charge in [-0.15, -0.1) is 11.8 Å². The molecule has 8 heteroatoms. The number of fused-ring (bicyclic) bond motifs is 1. The second-order valence-electron chi connectivity index (χ2n) is 5.30. The molecule has 0 saturated carbocycles. The Labute approximate surface area is 148 Å². The van der Waals surface area contributed by atoms with Crippen LogP contribution in [0.5, 0.6) is 5.75 Å². The minimum atomic E-state index is -0.248. The Morgan fingerprint density at radius 3 is 3.04 bits per heavy atom. The van der Waals surface area contributed by atoms with E-state index in [-0.39, 0.29) is 18.4 Å². The SMILES string of the molecule is CSc1sc(NC(=O)COc2ccc3c(c2)CCC(=O)N3)nc1C. The zero-order valence-corrected chi connectivity index (χ0v) is 15.0. The van der Waals surface area contributed by atoms with Crippen LogP contribution in [0, 0.1) is 6.92 Å². The summed E-state index contributed by atoms with van der Waals surface area (Å²) in [7, 11) is 0. The zero-order valence-electron chi connectivity index (χ0n) is 13.3. The van der Waals surface area contributed by atoms with Crippen LogP contribution in [0.1, 0.15) is 17.7 Å². The second-order valence-corrected chi connectivity index (χ2v) is 7.37. The predicted octanol–water partition coefficient (Wildman–Crippen LogP) is 3.08. The zero-order chi connectivity index (χ0) is 17.1. The maximum Gasteiger partial charge on any atom is 0.264 e. The molecule has 2 amide bonds. The molecule has 1 aliphatic rings. The van der Waals surface area contributed by atoms with Gasteiger partial charge in [-0.2, -0.15) is 0 Å². The van der Waals surface area contributed by atoms with Gasteiger partial charge in [0.1, 0.15) is 5.75 Å². The lowest BCUT2D eigenvalue weighted by Crippen LogP contribution is -2.21. The molecule has 3 rings (SSSR count). The van der Waals surface area contributed by atoms with Gasteiger partial charge in [0.15, 0.2) is 11.7 Å². The van der Waals surface area contributed by atoms with Gasteiger partial charge in [0.25, 0.3) is 5.91 Å². The standard InChI is InChI=1S/C16H17N3O3S2/c1-9-15(23-2)24-16(17-9)19-14(21)8-22-11-4-5-12-10(7-11)3-6-13(20)18-12/h4-5,7H,3,6,8H2,1-2H3,(H,18,20)(H,17,19,21). The fourth-order valence-corrected chi connectivity index (χ4v) is 4.01. The van der Waals surface area contributed by atoms with Crippen molar-refractivity contribution >= 4 is 45.7 Å². The highest BCUT2D eigenvalue weighted by Crippen LogP contribution is 2.30. The molecular weight excluding hydrogens is 346 g/mol.